The molecule has 34 heavy (non-hydrogen) atoms. The Hall–Kier alpha value is -4.11. The Balaban J connectivity index is 1.58. The SMILES string of the molecule is Nc1c(C(=O)NCc2ccc(F)cc2)c2nc3ccccc3nc2n1/N=C/c1cccc(Br)c1. The number of benzene rings is 3. The maximum atomic E-state index is 13.2. The molecule has 1 amide bonds. The lowest BCUT2D eigenvalue weighted by Gasteiger charge is -2.06. The molecule has 0 atom stereocenters. The lowest BCUT2D eigenvalue weighted by atomic mass is 10.2. The highest BCUT2D eigenvalue weighted by atomic mass is 79.9. The van der Waals surface area contributed by atoms with Crippen LogP contribution in [0, 0.1) is 5.82 Å². The van der Waals surface area contributed by atoms with Crippen LogP contribution in [0.4, 0.5) is 10.2 Å². The van der Waals surface area contributed by atoms with Crippen LogP contribution in [0.1, 0.15) is 21.5 Å². The van der Waals surface area contributed by atoms with Gasteiger partial charge in [-0.15, -0.1) is 0 Å². The van der Waals surface area contributed by atoms with E-state index in [2.05, 4.69) is 36.3 Å². The molecule has 0 saturated heterocycles. The molecule has 5 rings (SSSR count). The van der Waals surface area contributed by atoms with Gasteiger partial charge in [0.15, 0.2) is 5.65 Å². The van der Waals surface area contributed by atoms with Crippen molar-refractivity contribution in [3.63, 3.8) is 0 Å². The number of anilines is 1. The first kappa shape index (κ1) is 21.7. The first-order valence-electron chi connectivity index (χ1n) is 10.4. The number of nitrogen functional groups attached to an aromatic ring is 1. The summed E-state index contributed by atoms with van der Waals surface area (Å²) in [5.41, 5.74) is 10.2. The molecule has 3 aromatic carbocycles. The first-order valence-corrected chi connectivity index (χ1v) is 11.2. The van der Waals surface area contributed by atoms with E-state index >= 15 is 0 Å². The quantitative estimate of drug-likeness (QED) is 0.325. The van der Waals surface area contributed by atoms with E-state index in [1.807, 2.05) is 48.5 Å². The molecule has 0 radical (unpaired) electrons. The molecule has 7 nitrogen and oxygen atoms in total. The number of nitrogens with zero attached hydrogens (tertiary/aromatic N) is 4. The summed E-state index contributed by atoms with van der Waals surface area (Å²) in [6.07, 6.45) is 1.64. The van der Waals surface area contributed by atoms with Crippen LogP contribution >= 0.6 is 15.9 Å². The number of carbonyl (C=O) groups excluding carboxylic acids is 1. The van der Waals surface area contributed by atoms with E-state index in [9.17, 15) is 9.18 Å². The van der Waals surface area contributed by atoms with Crippen molar-refractivity contribution in [1.82, 2.24) is 20.0 Å². The Labute approximate surface area is 202 Å². The summed E-state index contributed by atoms with van der Waals surface area (Å²) < 4.78 is 15.5. The summed E-state index contributed by atoms with van der Waals surface area (Å²) in [6.45, 7) is 0.202. The van der Waals surface area contributed by atoms with E-state index in [4.69, 9.17) is 5.73 Å². The number of hydrogen-bond acceptors (Lipinski definition) is 5. The normalized spacial score (nSPS) is 11.5. The van der Waals surface area contributed by atoms with Gasteiger partial charge >= 0.3 is 0 Å². The van der Waals surface area contributed by atoms with E-state index in [0.717, 1.165) is 15.6 Å². The highest BCUT2D eigenvalue weighted by Gasteiger charge is 2.24. The molecule has 0 aliphatic rings. The van der Waals surface area contributed by atoms with Crippen molar-refractivity contribution in [2.45, 2.75) is 6.54 Å². The molecule has 9 heteroatoms. The minimum atomic E-state index is -0.423. The highest BCUT2D eigenvalue weighted by molar-refractivity contribution is 9.10. The van der Waals surface area contributed by atoms with Gasteiger partial charge in [-0.1, -0.05) is 52.3 Å². The van der Waals surface area contributed by atoms with E-state index < -0.39 is 5.91 Å². The van der Waals surface area contributed by atoms with Crippen LogP contribution < -0.4 is 11.1 Å². The second-order valence-electron chi connectivity index (χ2n) is 7.57. The van der Waals surface area contributed by atoms with Crippen LogP contribution in [0.3, 0.4) is 0 Å². The van der Waals surface area contributed by atoms with E-state index in [0.29, 0.717) is 22.2 Å². The van der Waals surface area contributed by atoms with Gasteiger partial charge < -0.3 is 11.1 Å². The number of amides is 1. The Morgan fingerprint density at radius 2 is 1.79 bits per heavy atom. The third kappa shape index (κ3) is 4.25. The van der Waals surface area contributed by atoms with Crippen molar-refractivity contribution in [2.75, 3.05) is 5.73 Å². The lowest BCUT2D eigenvalue weighted by Crippen LogP contribution is -2.23. The fourth-order valence-corrected chi connectivity index (χ4v) is 3.99. The van der Waals surface area contributed by atoms with Crippen molar-refractivity contribution in [1.29, 1.82) is 0 Å². The molecule has 0 saturated carbocycles. The van der Waals surface area contributed by atoms with Gasteiger partial charge in [0.25, 0.3) is 5.91 Å². The number of para-hydroxylation sites is 2. The molecule has 2 aromatic heterocycles. The van der Waals surface area contributed by atoms with Crippen LogP contribution in [0.2, 0.25) is 0 Å². The first-order chi connectivity index (χ1) is 16.5. The molecular weight excluding hydrogens is 499 g/mol. The number of hydrogen-bond donors (Lipinski definition) is 2. The van der Waals surface area contributed by atoms with E-state index in [1.54, 1.807) is 18.3 Å². The average Bonchev–Trinajstić information content (AvgIpc) is 3.10. The Bertz CT molecular complexity index is 1560. The molecule has 2 heterocycles. The summed E-state index contributed by atoms with van der Waals surface area (Å²) in [4.78, 5) is 22.5. The minimum Gasteiger partial charge on any atom is -0.383 e. The number of rotatable bonds is 5. The van der Waals surface area contributed by atoms with Crippen molar-refractivity contribution in [3.05, 3.63) is 99.8 Å². The third-order valence-electron chi connectivity index (χ3n) is 5.24. The fraction of sp³-hybridized carbons (Fsp3) is 0.0400. The smallest absolute Gasteiger partial charge is 0.257 e. The average molecular weight is 517 g/mol. The van der Waals surface area contributed by atoms with Gasteiger partial charge in [-0.25, -0.2) is 14.4 Å². The molecule has 3 N–H and O–H groups in total. The molecule has 0 aliphatic heterocycles. The van der Waals surface area contributed by atoms with Crippen LogP contribution in [-0.2, 0) is 6.54 Å². The Morgan fingerprint density at radius 1 is 1.06 bits per heavy atom. The predicted molar refractivity (Wildman–Crippen MR) is 134 cm³/mol. The van der Waals surface area contributed by atoms with Gasteiger partial charge in [0.05, 0.1) is 17.2 Å². The number of carbonyl (C=O) groups is 1. The fourth-order valence-electron chi connectivity index (χ4n) is 3.57. The molecule has 0 spiro atoms. The summed E-state index contributed by atoms with van der Waals surface area (Å²) in [5, 5.41) is 7.33. The van der Waals surface area contributed by atoms with Crippen molar-refractivity contribution < 1.29 is 9.18 Å². The Kier molecular flexibility index (Phi) is 5.77. The zero-order chi connectivity index (χ0) is 23.7. The number of nitrogens with two attached hydrogens (primary N) is 1. The number of aromatic nitrogens is 3. The molecule has 0 bridgehead atoms. The van der Waals surface area contributed by atoms with Gasteiger partial charge in [-0.05, 0) is 47.5 Å². The summed E-state index contributed by atoms with van der Waals surface area (Å²) in [7, 11) is 0. The topological polar surface area (TPSA) is 98.2 Å². The maximum Gasteiger partial charge on any atom is 0.257 e. The third-order valence-corrected chi connectivity index (χ3v) is 5.73. The molecule has 168 valence electrons. The second kappa shape index (κ2) is 9.03. The summed E-state index contributed by atoms with van der Waals surface area (Å²) in [5.74, 6) is -0.645. The number of fused-ring (bicyclic) bond motifs is 2. The van der Waals surface area contributed by atoms with Crippen LogP contribution in [0.25, 0.3) is 22.2 Å². The molecule has 0 unspecified atom stereocenters. The molecule has 0 aliphatic carbocycles. The highest BCUT2D eigenvalue weighted by Crippen LogP contribution is 2.28. The van der Waals surface area contributed by atoms with Gasteiger partial charge in [0.1, 0.15) is 22.7 Å². The largest absolute Gasteiger partial charge is 0.383 e. The lowest BCUT2D eigenvalue weighted by molar-refractivity contribution is 0.0953. The van der Waals surface area contributed by atoms with Gasteiger partial charge in [0.2, 0.25) is 0 Å². The molecule has 0 fully saturated rings. The van der Waals surface area contributed by atoms with Gasteiger partial charge in [0, 0.05) is 11.0 Å². The monoisotopic (exact) mass is 516 g/mol. The molecular formula is C25H18BrFN6O. The zero-order valence-electron chi connectivity index (χ0n) is 17.7. The van der Waals surface area contributed by atoms with Crippen molar-refractivity contribution in [2.24, 2.45) is 5.10 Å². The number of halogens is 2. The van der Waals surface area contributed by atoms with E-state index in [1.165, 1.54) is 16.8 Å². The number of nitrogens with one attached hydrogen (secondary N) is 1. The standard InChI is InChI=1S/C25H18BrFN6O/c26-17-5-3-4-16(12-17)14-30-33-23(28)21(25(34)29-13-15-8-10-18(27)11-9-15)22-24(33)32-20-7-2-1-6-19(20)31-22/h1-12,14H,13,28H2,(H,29,34)/b30-14+. The van der Waals surface area contributed by atoms with Gasteiger partial charge in [-0.3, -0.25) is 4.79 Å². The minimum absolute atomic E-state index is 0.119. The van der Waals surface area contributed by atoms with Crippen molar-refractivity contribution in [3.8, 4) is 0 Å². The van der Waals surface area contributed by atoms with E-state index in [-0.39, 0.29) is 23.7 Å². The van der Waals surface area contributed by atoms with Crippen molar-refractivity contribution >= 4 is 56.1 Å². The van der Waals surface area contributed by atoms with Crippen LogP contribution in [-0.4, -0.2) is 26.8 Å². The second-order valence-corrected chi connectivity index (χ2v) is 8.48. The van der Waals surface area contributed by atoms with Crippen LogP contribution in [0.15, 0.2) is 82.4 Å². The zero-order valence-corrected chi connectivity index (χ0v) is 19.3. The van der Waals surface area contributed by atoms with Gasteiger partial charge in [-0.2, -0.15) is 9.78 Å². The maximum absolute atomic E-state index is 13.2. The predicted octanol–water partition coefficient (Wildman–Crippen LogP) is 4.88. The summed E-state index contributed by atoms with van der Waals surface area (Å²) >= 11 is 3.44. The molecule has 5 aromatic rings. The summed E-state index contributed by atoms with van der Waals surface area (Å²) in [6, 6.07) is 20.9. The Morgan fingerprint density at radius 3 is 2.53 bits per heavy atom. The van der Waals surface area contributed by atoms with Crippen LogP contribution in [0.5, 0.6) is 0 Å².